The highest BCUT2D eigenvalue weighted by atomic mass is 32.2. The molecule has 4 rings (SSSR count). The molecule has 0 aliphatic carbocycles. The van der Waals surface area contributed by atoms with E-state index in [2.05, 4.69) is 22.0 Å². The van der Waals surface area contributed by atoms with Crippen LogP contribution >= 0.6 is 23.1 Å². The number of thioether (sulfide) groups is 1. The third-order valence-electron chi connectivity index (χ3n) is 5.28. The predicted octanol–water partition coefficient (Wildman–Crippen LogP) is 3.75. The summed E-state index contributed by atoms with van der Waals surface area (Å²) in [6.45, 7) is 7.44. The zero-order valence-electron chi connectivity index (χ0n) is 17.4. The van der Waals surface area contributed by atoms with E-state index in [1.165, 1.54) is 16.9 Å². The molecule has 1 N–H and O–H groups in total. The SMILES string of the molecule is CCOC(=O)C1CSCCN1Cc1nc2sc(C)c(-c3ccc(C)cc3)c2c(=O)[nH]1. The highest BCUT2D eigenvalue weighted by Crippen LogP contribution is 2.35. The van der Waals surface area contributed by atoms with Crippen LogP contribution in [0.2, 0.25) is 0 Å². The van der Waals surface area contributed by atoms with Crippen LogP contribution in [-0.4, -0.2) is 51.5 Å². The van der Waals surface area contributed by atoms with Crippen LogP contribution in [0.25, 0.3) is 21.3 Å². The number of nitrogens with zero attached hydrogens (tertiary/aromatic N) is 2. The van der Waals surface area contributed by atoms with Gasteiger partial charge in [0.05, 0.1) is 18.5 Å². The maximum absolute atomic E-state index is 13.0. The zero-order valence-corrected chi connectivity index (χ0v) is 19.0. The molecule has 8 heteroatoms. The minimum atomic E-state index is -0.308. The lowest BCUT2D eigenvalue weighted by Gasteiger charge is -2.33. The number of benzene rings is 1. The van der Waals surface area contributed by atoms with Crippen molar-refractivity contribution in [2.45, 2.75) is 33.4 Å². The average Bonchev–Trinajstić information content (AvgIpc) is 3.05. The van der Waals surface area contributed by atoms with Crippen LogP contribution in [0, 0.1) is 13.8 Å². The van der Waals surface area contributed by atoms with Crippen LogP contribution in [0.15, 0.2) is 29.1 Å². The van der Waals surface area contributed by atoms with Gasteiger partial charge in [-0.25, -0.2) is 4.98 Å². The summed E-state index contributed by atoms with van der Waals surface area (Å²) in [6.07, 6.45) is 0. The first-order chi connectivity index (χ1) is 14.5. The number of esters is 1. The Balaban J connectivity index is 1.68. The van der Waals surface area contributed by atoms with Crippen LogP contribution in [0.1, 0.15) is 23.2 Å². The molecule has 1 aromatic carbocycles. The van der Waals surface area contributed by atoms with Crippen LogP contribution in [0.3, 0.4) is 0 Å². The van der Waals surface area contributed by atoms with E-state index in [1.807, 2.05) is 32.9 Å². The number of aryl methyl sites for hydroxylation is 2. The molecule has 1 aliphatic heterocycles. The number of nitrogens with one attached hydrogen (secondary N) is 1. The van der Waals surface area contributed by atoms with Crippen molar-refractivity contribution in [3.63, 3.8) is 0 Å². The first kappa shape index (κ1) is 21.1. The third kappa shape index (κ3) is 4.17. The number of H-pyrrole nitrogens is 1. The van der Waals surface area contributed by atoms with Crippen LogP contribution in [0.5, 0.6) is 0 Å². The lowest BCUT2D eigenvalue weighted by atomic mass is 10.0. The number of hydrogen-bond donors (Lipinski definition) is 1. The number of ether oxygens (including phenoxy) is 1. The van der Waals surface area contributed by atoms with Gasteiger partial charge in [-0.2, -0.15) is 11.8 Å². The summed E-state index contributed by atoms with van der Waals surface area (Å²) in [5.41, 5.74) is 3.03. The van der Waals surface area contributed by atoms with Gasteiger partial charge in [0, 0.05) is 28.5 Å². The summed E-state index contributed by atoms with van der Waals surface area (Å²) in [5, 5.41) is 0.640. The normalized spacial score (nSPS) is 17.4. The van der Waals surface area contributed by atoms with Gasteiger partial charge in [-0.1, -0.05) is 29.8 Å². The highest BCUT2D eigenvalue weighted by molar-refractivity contribution is 7.99. The van der Waals surface area contributed by atoms with Crippen LogP contribution < -0.4 is 5.56 Å². The van der Waals surface area contributed by atoms with Gasteiger partial charge in [-0.15, -0.1) is 11.3 Å². The van der Waals surface area contributed by atoms with Gasteiger partial charge in [0.2, 0.25) is 0 Å². The molecule has 0 bridgehead atoms. The van der Waals surface area contributed by atoms with E-state index in [0.29, 0.717) is 30.1 Å². The number of hydrogen-bond acceptors (Lipinski definition) is 7. The summed E-state index contributed by atoms with van der Waals surface area (Å²) in [7, 11) is 0. The molecule has 30 heavy (non-hydrogen) atoms. The van der Waals surface area contributed by atoms with E-state index in [9.17, 15) is 9.59 Å². The second-order valence-electron chi connectivity index (χ2n) is 7.41. The largest absolute Gasteiger partial charge is 0.465 e. The summed E-state index contributed by atoms with van der Waals surface area (Å²) < 4.78 is 5.24. The standard InChI is InChI=1S/C22H25N3O3S2/c1-4-28-22(27)16-12-29-10-9-25(16)11-17-23-20(26)19-18(14(3)30-21(19)24-17)15-7-5-13(2)6-8-15/h5-8,16H,4,9-12H2,1-3H3,(H,23,24,26). The second kappa shape index (κ2) is 8.91. The average molecular weight is 444 g/mol. The molecule has 0 amide bonds. The Morgan fingerprint density at radius 3 is 2.80 bits per heavy atom. The highest BCUT2D eigenvalue weighted by Gasteiger charge is 2.31. The molecule has 158 valence electrons. The summed E-state index contributed by atoms with van der Waals surface area (Å²) >= 11 is 3.29. The van der Waals surface area contributed by atoms with Gasteiger partial charge in [0.15, 0.2) is 0 Å². The third-order valence-corrected chi connectivity index (χ3v) is 7.30. The quantitative estimate of drug-likeness (QED) is 0.606. The molecule has 3 aromatic rings. The predicted molar refractivity (Wildman–Crippen MR) is 123 cm³/mol. The molecule has 6 nitrogen and oxygen atoms in total. The van der Waals surface area contributed by atoms with Crippen molar-refractivity contribution < 1.29 is 9.53 Å². The summed E-state index contributed by atoms with van der Waals surface area (Å²) in [5.74, 6) is 2.02. The number of carbonyl (C=O) groups excluding carboxylic acids is 1. The number of aromatic amines is 1. The minimum absolute atomic E-state index is 0.131. The Kier molecular flexibility index (Phi) is 6.26. The number of aromatic nitrogens is 2. The van der Waals surface area contributed by atoms with Gasteiger partial charge >= 0.3 is 5.97 Å². The van der Waals surface area contributed by atoms with Crippen molar-refractivity contribution in [3.05, 3.63) is 50.9 Å². The Morgan fingerprint density at radius 2 is 2.07 bits per heavy atom. The zero-order chi connectivity index (χ0) is 21.3. The second-order valence-corrected chi connectivity index (χ2v) is 9.76. The van der Waals surface area contributed by atoms with Gasteiger partial charge in [-0.3, -0.25) is 14.5 Å². The molecule has 2 aromatic heterocycles. The number of thiophene rings is 1. The van der Waals surface area contributed by atoms with E-state index in [1.54, 1.807) is 11.8 Å². The first-order valence-corrected chi connectivity index (χ1v) is 12.0. The van der Waals surface area contributed by atoms with Crippen molar-refractivity contribution >= 4 is 39.3 Å². The number of fused-ring (bicyclic) bond motifs is 1. The van der Waals surface area contributed by atoms with Crippen molar-refractivity contribution in [1.29, 1.82) is 0 Å². The lowest BCUT2D eigenvalue weighted by molar-refractivity contribution is -0.149. The molecule has 0 spiro atoms. The minimum Gasteiger partial charge on any atom is -0.465 e. The topological polar surface area (TPSA) is 75.3 Å². The van der Waals surface area contributed by atoms with Crippen molar-refractivity contribution in [1.82, 2.24) is 14.9 Å². The Labute approximate surface area is 183 Å². The van der Waals surface area contributed by atoms with Gasteiger partial charge in [-0.05, 0) is 26.3 Å². The fraction of sp³-hybridized carbons (Fsp3) is 0.409. The molecule has 0 saturated carbocycles. The maximum Gasteiger partial charge on any atom is 0.324 e. The molecule has 1 atom stereocenters. The number of rotatable bonds is 5. The lowest BCUT2D eigenvalue weighted by Crippen LogP contribution is -2.47. The fourth-order valence-electron chi connectivity index (χ4n) is 3.78. The van der Waals surface area contributed by atoms with Crippen molar-refractivity contribution in [2.24, 2.45) is 0 Å². The monoisotopic (exact) mass is 443 g/mol. The van der Waals surface area contributed by atoms with Gasteiger partial charge in [0.25, 0.3) is 5.56 Å². The van der Waals surface area contributed by atoms with E-state index in [0.717, 1.165) is 33.1 Å². The van der Waals surface area contributed by atoms with E-state index >= 15 is 0 Å². The maximum atomic E-state index is 13.0. The molecular formula is C22H25N3O3S2. The summed E-state index contributed by atoms with van der Waals surface area (Å²) in [6, 6.07) is 7.90. The fourth-order valence-corrected chi connectivity index (χ4v) is 5.95. The molecule has 1 unspecified atom stereocenters. The molecule has 1 saturated heterocycles. The molecule has 3 heterocycles. The molecular weight excluding hydrogens is 418 g/mol. The van der Waals surface area contributed by atoms with Gasteiger partial charge in [0.1, 0.15) is 16.7 Å². The molecule has 0 radical (unpaired) electrons. The molecule has 1 fully saturated rings. The number of carbonyl (C=O) groups is 1. The Hall–Kier alpha value is -2.16. The van der Waals surface area contributed by atoms with Gasteiger partial charge < -0.3 is 9.72 Å². The summed E-state index contributed by atoms with van der Waals surface area (Å²) in [4.78, 5) is 37.0. The Bertz CT molecular complexity index is 1120. The Morgan fingerprint density at radius 1 is 1.30 bits per heavy atom. The van der Waals surface area contributed by atoms with E-state index in [-0.39, 0.29) is 17.6 Å². The first-order valence-electron chi connectivity index (χ1n) is 10.1. The van der Waals surface area contributed by atoms with Crippen molar-refractivity contribution in [3.8, 4) is 11.1 Å². The van der Waals surface area contributed by atoms with Crippen LogP contribution in [0.4, 0.5) is 0 Å². The molecule has 1 aliphatic rings. The van der Waals surface area contributed by atoms with Crippen LogP contribution in [-0.2, 0) is 16.1 Å². The smallest absolute Gasteiger partial charge is 0.324 e. The van der Waals surface area contributed by atoms with Crippen molar-refractivity contribution in [2.75, 3.05) is 24.7 Å². The van der Waals surface area contributed by atoms with E-state index in [4.69, 9.17) is 9.72 Å². The van der Waals surface area contributed by atoms with E-state index < -0.39 is 0 Å².